The molecule has 5 heteroatoms. The Kier molecular flexibility index (Phi) is 3.07. The Morgan fingerprint density at radius 2 is 2.11 bits per heavy atom. The van der Waals surface area contributed by atoms with E-state index in [9.17, 15) is 0 Å². The minimum atomic E-state index is 0.730. The molecule has 0 radical (unpaired) electrons. The molecule has 0 atom stereocenters. The number of anilines is 2. The quantitative estimate of drug-likeness (QED) is 0.923. The van der Waals surface area contributed by atoms with Crippen LogP contribution in [-0.4, -0.2) is 30.1 Å². The van der Waals surface area contributed by atoms with Crippen molar-refractivity contribution in [2.75, 3.05) is 30.4 Å². The molecule has 1 aliphatic heterocycles. The second-order valence-electron chi connectivity index (χ2n) is 4.60. The average Bonchev–Trinajstić information content (AvgIpc) is 3.05. The zero-order valence-corrected chi connectivity index (χ0v) is 11.7. The van der Waals surface area contributed by atoms with Crippen LogP contribution >= 0.6 is 11.3 Å². The maximum Gasteiger partial charge on any atom is 0.225 e. The standard InChI is InChI=1S/C13H18N4S/c1-3-9-8-10-11(17-6-4-5-7-17)15-13(14-2)16-12(10)18-9/h8H,3-7H2,1-2H3,(H,14,15,16). The Hall–Kier alpha value is -1.36. The lowest BCUT2D eigenvalue weighted by atomic mass is 10.3. The summed E-state index contributed by atoms with van der Waals surface area (Å²) in [4.78, 5) is 14.1. The Bertz CT molecular complexity index is 557. The number of thiophene rings is 1. The minimum absolute atomic E-state index is 0.730. The molecule has 1 fully saturated rings. The Morgan fingerprint density at radius 1 is 1.33 bits per heavy atom. The van der Waals surface area contributed by atoms with Crippen molar-refractivity contribution >= 4 is 33.3 Å². The highest BCUT2D eigenvalue weighted by atomic mass is 32.1. The summed E-state index contributed by atoms with van der Waals surface area (Å²) in [7, 11) is 1.88. The first kappa shape index (κ1) is 11.7. The monoisotopic (exact) mass is 262 g/mol. The Morgan fingerprint density at radius 3 is 2.78 bits per heavy atom. The number of fused-ring (bicyclic) bond motifs is 1. The molecule has 0 amide bonds. The summed E-state index contributed by atoms with van der Waals surface area (Å²) in [5, 5.41) is 4.29. The van der Waals surface area contributed by atoms with E-state index in [1.54, 1.807) is 11.3 Å². The molecule has 2 aromatic heterocycles. The van der Waals surface area contributed by atoms with Gasteiger partial charge in [-0.05, 0) is 25.3 Å². The lowest BCUT2D eigenvalue weighted by Gasteiger charge is -2.17. The number of hydrogen-bond donors (Lipinski definition) is 1. The van der Waals surface area contributed by atoms with Gasteiger partial charge < -0.3 is 10.2 Å². The Labute approximate surface area is 111 Å². The lowest BCUT2D eigenvalue weighted by Crippen LogP contribution is -2.19. The summed E-state index contributed by atoms with van der Waals surface area (Å²) in [5.74, 6) is 1.84. The summed E-state index contributed by atoms with van der Waals surface area (Å²) in [6.45, 7) is 4.42. The van der Waals surface area contributed by atoms with Crippen LogP contribution in [-0.2, 0) is 6.42 Å². The molecule has 18 heavy (non-hydrogen) atoms. The smallest absolute Gasteiger partial charge is 0.225 e. The van der Waals surface area contributed by atoms with Gasteiger partial charge >= 0.3 is 0 Å². The molecule has 3 heterocycles. The van der Waals surface area contributed by atoms with E-state index in [1.807, 2.05) is 7.05 Å². The number of rotatable bonds is 3. The van der Waals surface area contributed by atoms with E-state index < -0.39 is 0 Å². The number of nitrogens with one attached hydrogen (secondary N) is 1. The molecule has 1 aliphatic rings. The predicted octanol–water partition coefficient (Wildman–Crippen LogP) is 2.90. The third-order valence-electron chi connectivity index (χ3n) is 3.40. The van der Waals surface area contributed by atoms with Gasteiger partial charge in [-0.1, -0.05) is 6.92 Å². The highest BCUT2D eigenvalue weighted by Crippen LogP contribution is 2.33. The van der Waals surface area contributed by atoms with Crippen molar-refractivity contribution in [3.8, 4) is 0 Å². The molecule has 3 rings (SSSR count). The van der Waals surface area contributed by atoms with Gasteiger partial charge in [-0.2, -0.15) is 4.98 Å². The highest BCUT2D eigenvalue weighted by molar-refractivity contribution is 7.18. The zero-order chi connectivity index (χ0) is 12.5. The van der Waals surface area contributed by atoms with E-state index in [-0.39, 0.29) is 0 Å². The fourth-order valence-corrected chi connectivity index (χ4v) is 3.37. The maximum absolute atomic E-state index is 4.66. The molecule has 96 valence electrons. The third kappa shape index (κ3) is 1.92. The predicted molar refractivity (Wildman–Crippen MR) is 77.8 cm³/mol. The SMILES string of the molecule is CCc1cc2c(N3CCCC3)nc(NC)nc2s1. The van der Waals surface area contributed by atoms with Gasteiger partial charge in [0.15, 0.2) is 0 Å². The van der Waals surface area contributed by atoms with E-state index in [2.05, 4.69) is 33.2 Å². The van der Waals surface area contributed by atoms with Crippen LogP contribution in [0, 0.1) is 0 Å². The van der Waals surface area contributed by atoms with Crippen molar-refractivity contribution < 1.29 is 0 Å². The molecule has 0 unspecified atom stereocenters. The molecule has 4 nitrogen and oxygen atoms in total. The van der Waals surface area contributed by atoms with Crippen molar-refractivity contribution in [1.29, 1.82) is 0 Å². The van der Waals surface area contributed by atoms with Crippen molar-refractivity contribution in [2.24, 2.45) is 0 Å². The first-order chi connectivity index (χ1) is 8.81. The van der Waals surface area contributed by atoms with Gasteiger partial charge in [0.1, 0.15) is 10.6 Å². The van der Waals surface area contributed by atoms with Crippen LogP contribution in [0.5, 0.6) is 0 Å². The van der Waals surface area contributed by atoms with Crippen LogP contribution < -0.4 is 10.2 Å². The van der Waals surface area contributed by atoms with E-state index in [1.165, 1.54) is 23.1 Å². The van der Waals surface area contributed by atoms with E-state index in [0.717, 1.165) is 36.1 Å². The van der Waals surface area contributed by atoms with Crippen LogP contribution in [0.1, 0.15) is 24.6 Å². The lowest BCUT2D eigenvalue weighted by molar-refractivity contribution is 0.941. The first-order valence-electron chi connectivity index (χ1n) is 6.55. The summed E-state index contributed by atoms with van der Waals surface area (Å²) in [6, 6.07) is 2.26. The highest BCUT2D eigenvalue weighted by Gasteiger charge is 2.19. The number of aromatic nitrogens is 2. The maximum atomic E-state index is 4.66. The molecular formula is C13H18N4S. The van der Waals surface area contributed by atoms with Gasteiger partial charge in [-0.25, -0.2) is 4.98 Å². The molecule has 1 N–H and O–H groups in total. The van der Waals surface area contributed by atoms with Gasteiger partial charge in [-0.3, -0.25) is 0 Å². The normalized spacial score (nSPS) is 15.6. The van der Waals surface area contributed by atoms with Crippen molar-refractivity contribution in [1.82, 2.24) is 9.97 Å². The summed E-state index contributed by atoms with van der Waals surface area (Å²) in [6.07, 6.45) is 3.60. The van der Waals surface area contributed by atoms with Gasteiger partial charge in [0.2, 0.25) is 5.95 Å². The molecule has 2 aromatic rings. The summed E-state index contributed by atoms with van der Waals surface area (Å²) < 4.78 is 0. The topological polar surface area (TPSA) is 41.1 Å². The molecular weight excluding hydrogens is 244 g/mol. The molecule has 0 spiro atoms. The van der Waals surface area contributed by atoms with Gasteiger partial charge in [-0.15, -0.1) is 11.3 Å². The van der Waals surface area contributed by atoms with Crippen LogP contribution in [0.15, 0.2) is 6.07 Å². The van der Waals surface area contributed by atoms with Crippen LogP contribution in [0.25, 0.3) is 10.2 Å². The van der Waals surface area contributed by atoms with Crippen molar-refractivity contribution in [2.45, 2.75) is 26.2 Å². The molecule has 0 aliphatic carbocycles. The minimum Gasteiger partial charge on any atom is -0.357 e. The van der Waals surface area contributed by atoms with Gasteiger partial charge in [0.05, 0.1) is 5.39 Å². The molecule has 0 bridgehead atoms. The number of nitrogens with zero attached hydrogens (tertiary/aromatic N) is 3. The van der Waals surface area contributed by atoms with Gasteiger partial charge in [0.25, 0.3) is 0 Å². The van der Waals surface area contributed by atoms with Crippen LogP contribution in [0.4, 0.5) is 11.8 Å². The summed E-state index contributed by atoms with van der Waals surface area (Å²) in [5.41, 5.74) is 0. The van der Waals surface area contributed by atoms with E-state index in [4.69, 9.17) is 0 Å². The molecule has 0 saturated carbocycles. The largest absolute Gasteiger partial charge is 0.357 e. The number of hydrogen-bond acceptors (Lipinski definition) is 5. The third-order valence-corrected chi connectivity index (χ3v) is 4.57. The van der Waals surface area contributed by atoms with Crippen LogP contribution in [0.2, 0.25) is 0 Å². The second-order valence-corrected chi connectivity index (χ2v) is 5.72. The zero-order valence-electron chi connectivity index (χ0n) is 10.9. The van der Waals surface area contributed by atoms with E-state index in [0.29, 0.717) is 0 Å². The number of aryl methyl sites for hydroxylation is 1. The van der Waals surface area contributed by atoms with Crippen molar-refractivity contribution in [3.05, 3.63) is 10.9 Å². The fraction of sp³-hybridized carbons (Fsp3) is 0.538. The van der Waals surface area contributed by atoms with E-state index >= 15 is 0 Å². The second kappa shape index (κ2) is 4.72. The molecule has 0 aromatic carbocycles. The average molecular weight is 262 g/mol. The van der Waals surface area contributed by atoms with Crippen molar-refractivity contribution in [3.63, 3.8) is 0 Å². The van der Waals surface area contributed by atoms with Gasteiger partial charge in [0, 0.05) is 25.0 Å². The Balaban J connectivity index is 2.16. The molecule has 1 saturated heterocycles. The van der Waals surface area contributed by atoms with Crippen LogP contribution in [0.3, 0.4) is 0 Å². The summed E-state index contributed by atoms with van der Waals surface area (Å²) >= 11 is 1.78. The fourth-order valence-electron chi connectivity index (χ4n) is 2.41. The first-order valence-corrected chi connectivity index (χ1v) is 7.36.